The standard InChI is InChI=1S/C16H16OS/c1-12-6-5-8-14(10-12)18-11-16(17)15-9-4-3-7-13(15)2/h3-10H,11H2,1-2H3. The number of thioether (sulfide) groups is 1. The van der Waals surface area contributed by atoms with Gasteiger partial charge in [-0.3, -0.25) is 4.79 Å². The summed E-state index contributed by atoms with van der Waals surface area (Å²) in [5, 5.41) is 0. The fourth-order valence-corrected chi connectivity index (χ4v) is 2.71. The predicted octanol–water partition coefficient (Wildman–Crippen LogP) is 4.28. The van der Waals surface area contributed by atoms with Crippen molar-refractivity contribution in [3.8, 4) is 0 Å². The van der Waals surface area contributed by atoms with Crippen LogP contribution < -0.4 is 0 Å². The van der Waals surface area contributed by atoms with E-state index in [2.05, 4.69) is 19.1 Å². The molecule has 1 nitrogen and oxygen atoms in total. The maximum Gasteiger partial charge on any atom is 0.173 e. The first-order valence-electron chi connectivity index (χ1n) is 5.95. The number of hydrogen-bond acceptors (Lipinski definition) is 2. The fourth-order valence-electron chi connectivity index (χ4n) is 1.82. The molecule has 0 atom stereocenters. The molecule has 0 amide bonds. The van der Waals surface area contributed by atoms with Crippen molar-refractivity contribution in [3.63, 3.8) is 0 Å². The first kappa shape index (κ1) is 12.9. The molecule has 2 rings (SSSR count). The molecule has 0 radical (unpaired) electrons. The van der Waals surface area contributed by atoms with Gasteiger partial charge in [0.25, 0.3) is 0 Å². The molecule has 0 unspecified atom stereocenters. The van der Waals surface area contributed by atoms with Crippen LogP contribution in [0, 0.1) is 13.8 Å². The van der Waals surface area contributed by atoms with Crippen LogP contribution in [0.25, 0.3) is 0 Å². The quantitative estimate of drug-likeness (QED) is 0.600. The van der Waals surface area contributed by atoms with Crippen molar-refractivity contribution in [2.24, 2.45) is 0 Å². The van der Waals surface area contributed by atoms with E-state index in [1.807, 2.05) is 43.3 Å². The summed E-state index contributed by atoms with van der Waals surface area (Å²) in [5.74, 6) is 0.688. The lowest BCUT2D eigenvalue weighted by molar-refractivity contribution is 0.102. The molecule has 0 spiro atoms. The average Bonchev–Trinajstić information content (AvgIpc) is 2.37. The molecule has 0 aromatic heterocycles. The van der Waals surface area contributed by atoms with Gasteiger partial charge >= 0.3 is 0 Å². The van der Waals surface area contributed by atoms with Gasteiger partial charge in [-0.25, -0.2) is 0 Å². The molecule has 2 heteroatoms. The molecule has 0 saturated heterocycles. The molecule has 0 saturated carbocycles. The topological polar surface area (TPSA) is 17.1 Å². The SMILES string of the molecule is Cc1cccc(SCC(=O)c2ccccc2C)c1. The first-order chi connectivity index (χ1) is 8.66. The zero-order chi connectivity index (χ0) is 13.0. The highest BCUT2D eigenvalue weighted by atomic mass is 32.2. The lowest BCUT2D eigenvalue weighted by Gasteiger charge is -2.05. The molecule has 0 heterocycles. The molecule has 92 valence electrons. The normalized spacial score (nSPS) is 10.3. The zero-order valence-corrected chi connectivity index (χ0v) is 11.5. The molecule has 0 fully saturated rings. The summed E-state index contributed by atoms with van der Waals surface area (Å²) in [6, 6.07) is 16.0. The Morgan fingerprint density at radius 1 is 1.06 bits per heavy atom. The van der Waals surface area contributed by atoms with Gasteiger partial charge in [0.1, 0.15) is 0 Å². The van der Waals surface area contributed by atoms with Crippen LogP contribution in [-0.2, 0) is 0 Å². The third-order valence-electron chi connectivity index (χ3n) is 2.80. The van der Waals surface area contributed by atoms with E-state index in [9.17, 15) is 4.79 Å². The Balaban J connectivity index is 2.03. The minimum absolute atomic E-state index is 0.194. The van der Waals surface area contributed by atoms with Crippen molar-refractivity contribution in [1.82, 2.24) is 0 Å². The Bertz CT molecular complexity index is 561. The van der Waals surface area contributed by atoms with E-state index in [0.29, 0.717) is 5.75 Å². The number of rotatable bonds is 4. The minimum atomic E-state index is 0.194. The molecule has 0 aliphatic rings. The van der Waals surface area contributed by atoms with E-state index in [1.165, 1.54) is 5.56 Å². The molecule has 18 heavy (non-hydrogen) atoms. The summed E-state index contributed by atoms with van der Waals surface area (Å²) < 4.78 is 0. The molecule has 2 aromatic rings. The van der Waals surface area contributed by atoms with Crippen LogP contribution in [0.2, 0.25) is 0 Å². The number of hydrogen-bond donors (Lipinski definition) is 0. The molecule has 0 aliphatic carbocycles. The summed E-state index contributed by atoms with van der Waals surface area (Å²) in [5.41, 5.74) is 3.10. The van der Waals surface area contributed by atoms with Crippen molar-refractivity contribution in [2.45, 2.75) is 18.7 Å². The Morgan fingerprint density at radius 2 is 1.83 bits per heavy atom. The van der Waals surface area contributed by atoms with Gasteiger partial charge in [-0.15, -0.1) is 11.8 Å². The van der Waals surface area contributed by atoms with Crippen molar-refractivity contribution < 1.29 is 4.79 Å². The van der Waals surface area contributed by atoms with E-state index in [1.54, 1.807) is 11.8 Å². The highest BCUT2D eigenvalue weighted by Gasteiger charge is 2.08. The van der Waals surface area contributed by atoms with Gasteiger partial charge < -0.3 is 0 Å². The lowest BCUT2D eigenvalue weighted by Crippen LogP contribution is -2.04. The van der Waals surface area contributed by atoms with E-state index < -0.39 is 0 Å². The first-order valence-corrected chi connectivity index (χ1v) is 6.93. The number of ketones is 1. The summed E-state index contributed by atoms with van der Waals surface area (Å²) in [4.78, 5) is 13.3. The number of benzene rings is 2. The maximum absolute atomic E-state index is 12.1. The Kier molecular flexibility index (Phi) is 4.21. The van der Waals surface area contributed by atoms with Gasteiger partial charge in [-0.1, -0.05) is 42.0 Å². The number of carbonyl (C=O) groups is 1. The predicted molar refractivity (Wildman–Crippen MR) is 77.4 cm³/mol. The summed E-state index contributed by atoms with van der Waals surface area (Å²) in [6.07, 6.45) is 0. The lowest BCUT2D eigenvalue weighted by atomic mass is 10.1. The van der Waals surface area contributed by atoms with Gasteiger partial charge in [0.2, 0.25) is 0 Å². The van der Waals surface area contributed by atoms with Crippen molar-refractivity contribution in [1.29, 1.82) is 0 Å². The van der Waals surface area contributed by atoms with Gasteiger partial charge in [-0.05, 0) is 31.5 Å². The summed E-state index contributed by atoms with van der Waals surface area (Å²) in [7, 11) is 0. The van der Waals surface area contributed by atoms with E-state index >= 15 is 0 Å². The fraction of sp³-hybridized carbons (Fsp3) is 0.188. The van der Waals surface area contributed by atoms with Gasteiger partial charge in [0.15, 0.2) is 5.78 Å². The Morgan fingerprint density at radius 3 is 2.56 bits per heavy atom. The van der Waals surface area contributed by atoms with Crippen LogP contribution >= 0.6 is 11.8 Å². The second-order valence-electron chi connectivity index (χ2n) is 4.34. The Labute approximate surface area is 112 Å². The van der Waals surface area contributed by atoms with Crippen LogP contribution in [0.5, 0.6) is 0 Å². The average molecular weight is 256 g/mol. The summed E-state index contributed by atoms with van der Waals surface area (Å²) >= 11 is 1.60. The number of Topliss-reactive ketones (excluding diaryl/α,β-unsaturated/α-hetero) is 1. The van der Waals surface area contributed by atoms with Crippen LogP contribution in [0.1, 0.15) is 21.5 Å². The van der Waals surface area contributed by atoms with Crippen LogP contribution in [-0.4, -0.2) is 11.5 Å². The highest BCUT2D eigenvalue weighted by molar-refractivity contribution is 8.00. The molecule has 2 aromatic carbocycles. The van der Waals surface area contributed by atoms with Crippen molar-refractivity contribution in [3.05, 3.63) is 65.2 Å². The smallest absolute Gasteiger partial charge is 0.173 e. The van der Waals surface area contributed by atoms with Gasteiger partial charge in [-0.2, -0.15) is 0 Å². The van der Waals surface area contributed by atoms with Crippen LogP contribution in [0.3, 0.4) is 0 Å². The number of aryl methyl sites for hydroxylation is 2. The second kappa shape index (κ2) is 5.87. The van der Waals surface area contributed by atoms with Crippen LogP contribution in [0.15, 0.2) is 53.4 Å². The minimum Gasteiger partial charge on any atom is -0.293 e. The number of carbonyl (C=O) groups excluding carboxylic acids is 1. The molecular weight excluding hydrogens is 240 g/mol. The second-order valence-corrected chi connectivity index (χ2v) is 5.39. The molecule has 0 aliphatic heterocycles. The molecule has 0 bridgehead atoms. The summed E-state index contributed by atoms with van der Waals surface area (Å²) in [6.45, 7) is 4.04. The monoisotopic (exact) mass is 256 g/mol. The third-order valence-corrected chi connectivity index (χ3v) is 3.80. The highest BCUT2D eigenvalue weighted by Crippen LogP contribution is 2.21. The van der Waals surface area contributed by atoms with Crippen molar-refractivity contribution >= 4 is 17.5 Å². The van der Waals surface area contributed by atoms with Gasteiger partial charge in [0, 0.05) is 10.5 Å². The van der Waals surface area contributed by atoms with E-state index in [0.717, 1.165) is 16.0 Å². The third kappa shape index (κ3) is 3.23. The van der Waals surface area contributed by atoms with Crippen LogP contribution in [0.4, 0.5) is 0 Å². The van der Waals surface area contributed by atoms with E-state index in [4.69, 9.17) is 0 Å². The van der Waals surface area contributed by atoms with Gasteiger partial charge in [0.05, 0.1) is 5.75 Å². The largest absolute Gasteiger partial charge is 0.293 e. The van der Waals surface area contributed by atoms with Crippen molar-refractivity contribution in [2.75, 3.05) is 5.75 Å². The molecular formula is C16H16OS. The molecule has 0 N–H and O–H groups in total. The zero-order valence-electron chi connectivity index (χ0n) is 10.6. The van der Waals surface area contributed by atoms with E-state index in [-0.39, 0.29) is 5.78 Å². The maximum atomic E-state index is 12.1. The Hall–Kier alpha value is -1.54.